The third-order valence-corrected chi connectivity index (χ3v) is 13.4. The summed E-state index contributed by atoms with van der Waals surface area (Å²) >= 11 is 0. The summed E-state index contributed by atoms with van der Waals surface area (Å²) in [5.74, 6) is 2.62. The van der Waals surface area contributed by atoms with Gasteiger partial charge >= 0.3 is 0 Å². The first-order chi connectivity index (χ1) is 32.7. The van der Waals surface area contributed by atoms with Crippen molar-refractivity contribution < 1.29 is 0 Å². The van der Waals surface area contributed by atoms with Crippen molar-refractivity contribution in [2.75, 3.05) is 0 Å². The second-order valence-corrected chi connectivity index (χ2v) is 16.9. The molecule has 0 radical (unpaired) electrons. The maximum Gasteiger partial charge on any atom is 0.140 e. The van der Waals surface area contributed by atoms with Crippen LogP contribution in [0, 0.1) is 0 Å². The van der Waals surface area contributed by atoms with Crippen LogP contribution in [0.4, 0.5) is 0 Å². The van der Waals surface area contributed by atoms with Gasteiger partial charge in [-0.1, -0.05) is 141 Å². The Labute approximate surface area is 380 Å². The van der Waals surface area contributed by atoms with Crippen molar-refractivity contribution >= 4 is 82.4 Å². The van der Waals surface area contributed by atoms with Crippen LogP contribution in [0.3, 0.4) is 0 Å². The first kappa shape index (κ1) is 37.8. The van der Waals surface area contributed by atoms with Crippen LogP contribution in [0.1, 0.15) is 18.2 Å². The number of pyridine rings is 2. The number of rotatable bonds is 8. The molecule has 0 amide bonds. The topological polar surface area (TPSA) is 45.5 Å². The number of allylic oxidation sites excluding steroid dienone is 2. The van der Waals surface area contributed by atoms with Crippen LogP contribution < -0.4 is 0 Å². The molecule has 0 saturated carbocycles. The zero-order chi connectivity index (χ0) is 43.9. The summed E-state index contributed by atoms with van der Waals surface area (Å²) in [7, 11) is 0. The molecule has 0 aliphatic rings. The highest BCUT2D eigenvalue weighted by Crippen LogP contribution is 2.41. The number of hydrogen-bond acceptors (Lipinski definition) is 2. The minimum absolute atomic E-state index is 0.861. The van der Waals surface area contributed by atoms with Crippen molar-refractivity contribution in [3.8, 4) is 34.4 Å². The molecule has 7 aromatic carbocycles. The standard InChI is InChI=1S/C60H42N6/c1-3-5-27-50-41(4-2)42-21-6-12-29-52(42)64(50)59-34-18-35-60(62-59)66-55-32-15-10-25-46(55)48-37-56-47(38-57(48)66)45-24-9-11-28-51(45)63(56)40-20-16-19-39(36-40)49-26-17-33-58(61-49)65-53-30-13-7-22-43(53)44-23-8-14-31-54(44)65/h3,5-38H,1,4H2,2H3/b27-5-. The lowest BCUT2D eigenvalue weighted by Gasteiger charge is -2.13. The molecule has 66 heavy (non-hydrogen) atoms. The van der Waals surface area contributed by atoms with Crippen molar-refractivity contribution in [3.05, 3.63) is 224 Å². The number of benzene rings is 7. The van der Waals surface area contributed by atoms with Gasteiger partial charge in [0.15, 0.2) is 0 Å². The minimum atomic E-state index is 0.861. The van der Waals surface area contributed by atoms with Gasteiger partial charge in [-0.25, -0.2) is 9.97 Å². The molecule has 312 valence electrons. The van der Waals surface area contributed by atoms with E-state index in [0.29, 0.717) is 0 Å². The Hall–Kier alpha value is -8.74. The summed E-state index contributed by atoms with van der Waals surface area (Å²) in [5, 5.41) is 8.38. The molecule has 0 fully saturated rings. The van der Waals surface area contributed by atoms with E-state index in [2.05, 4.69) is 232 Å². The van der Waals surface area contributed by atoms with E-state index in [4.69, 9.17) is 9.97 Å². The molecule has 0 saturated heterocycles. The first-order valence-corrected chi connectivity index (χ1v) is 22.6. The van der Waals surface area contributed by atoms with Gasteiger partial charge < -0.3 is 4.57 Å². The monoisotopic (exact) mass is 846 g/mol. The van der Waals surface area contributed by atoms with E-state index < -0.39 is 0 Å². The van der Waals surface area contributed by atoms with Crippen LogP contribution in [0.15, 0.2) is 213 Å². The maximum atomic E-state index is 5.49. The number of para-hydroxylation sites is 5. The average molecular weight is 847 g/mol. The zero-order valence-corrected chi connectivity index (χ0v) is 36.3. The van der Waals surface area contributed by atoms with Crippen LogP contribution in [0.2, 0.25) is 0 Å². The highest BCUT2D eigenvalue weighted by molar-refractivity contribution is 6.19. The molecule has 6 heteroatoms. The van der Waals surface area contributed by atoms with Gasteiger partial charge in [-0.3, -0.25) is 13.7 Å². The first-order valence-electron chi connectivity index (χ1n) is 22.6. The molecule has 0 atom stereocenters. The lowest BCUT2D eigenvalue weighted by Crippen LogP contribution is -2.04. The third kappa shape index (κ3) is 5.61. The van der Waals surface area contributed by atoms with Gasteiger partial charge in [-0.2, -0.15) is 0 Å². The van der Waals surface area contributed by atoms with Crippen LogP contribution >= 0.6 is 0 Å². The van der Waals surface area contributed by atoms with Crippen LogP contribution in [-0.2, 0) is 6.42 Å². The lowest BCUT2D eigenvalue weighted by atomic mass is 10.1. The Morgan fingerprint density at radius 3 is 1.45 bits per heavy atom. The van der Waals surface area contributed by atoms with Crippen molar-refractivity contribution in [1.29, 1.82) is 0 Å². The smallest absolute Gasteiger partial charge is 0.140 e. The maximum absolute atomic E-state index is 5.49. The average Bonchev–Trinajstić information content (AvgIpc) is 4.09. The Kier molecular flexibility index (Phi) is 8.55. The fourth-order valence-electron chi connectivity index (χ4n) is 10.6. The SMILES string of the molecule is C=C/C=C\c1c(CC)c2ccccc2n1-c1cccc(-n2c3ccccc3c3cc4c(cc32)c2ccccc2n4-c2cccc(-c3cccc(-n4c5ccccc5c5ccccc54)n3)c2)n1. The van der Waals surface area contributed by atoms with Gasteiger partial charge in [0, 0.05) is 49.0 Å². The zero-order valence-electron chi connectivity index (χ0n) is 36.3. The fraction of sp³-hybridized carbons (Fsp3) is 0.0333. The van der Waals surface area contributed by atoms with Crippen LogP contribution in [0.5, 0.6) is 0 Å². The number of aromatic nitrogens is 6. The largest absolute Gasteiger partial charge is 0.309 e. The molecule has 0 aliphatic heterocycles. The summed E-state index contributed by atoms with van der Waals surface area (Å²) in [5.41, 5.74) is 13.4. The molecule has 6 nitrogen and oxygen atoms in total. The van der Waals surface area contributed by atoms with E-state index in [9.17, 15) is 0 Å². The molecule has 6 heterocycles. The van der Waals surface area contributed by atoms with Gasteiger partial charge in [0.25, 0.3) is 0 Å². The summed E-state index contributed by atoms with van der Waals surface area (Å²) in [6, 6.07) is 69.5. The number of nitrogens with zero attached hydrogens (tertiary/aromatic N) is 6. The summed E-state index contributed by atoms with van der Waals surface area (Å²) < 4.78 is 9.32. The molecule has 13 rings (SSSR count). The van der Waals surface area contributed by atoms with E-state index >= 15 is 0 Å². The highest BCUT2D eigenvalue weighted by atomic mass is 15.1. The number of hydrogen-bond donors (Lipinski definition) is 0. The molecule has 13 aromatic rings. The molecule has 0 aliphatic carbocycles. The van der Waals surface area contributed by atoms with Gasteiger partial charge in [0.05, 0.1) is 50.0 Å². The quantitative estimate of drug-likeness (QED) is 0.143. The summed E-state index contributed by atoms with van der Waals surface area (Å²) in [4.78, 5) is 10.8. The van der Waals surface area contributed by atoms with Gasteiger partial charge in [0.1, 0.15) is 17.5 Å². The Morgan fingerprint density at radius 1 is 0.409 bits per heavy atom. The Balaban J connectivity index is 0.987. The number of fused-ring (bicyclic) bond motifs is 10. The second kappa shape index (κ2) is 14.9. The van der Waals surface area contributed by atoms with Crippen molar-refractivity contribution in [2.45, 2.75) is 13.3 Å². The van der Waals surface area contributed by atoms with E-state index in [-0.39, 0.29) is 0 Å². The molecular weight excluding hydrogens is 805 g/mol. The van der Waals surface area contributed by atoms with Crippen molar-refractivity contribution in [3.63, 3.8) is 0 Å². The van der Waals surface area contributed by atoms with E-state index in [1.165, 1.54) is 43.3 Å². The van der Waals surface area contributed by atoms with Crippen LogP contribution in [-0.4, -0.2) is 28.2 Å². The van der Waals surface area contributed by atoms with Crippen LogP contribution in [0.25, 0.3) is 117 Å². The van der Waals surface area contributed by atoms with Gasteiger partial charge in [0.2, 0.25) is 0 Å². The highest BCUT2D eigenvalue weighted by Gasteiger charge is 2.21. The molecule has 0 unspecified atom stereocenters. The normalized spacial score (nSPS) is 12.1. The second-order valence-electron chi connectivity index (χ2n) is 16.9. The summed E-state index contributed by atoms with van der Waals surface area (Å²) in [6.45, 7) is 6.20. The van der Waals surface area contributed by atoms with E-state index in [0.717, 1.165) is 85.1 Å². The predicted octanol–water partition coefficient (Wildman–Crippen LogP) is 15.1. The van der Waals surface area contributed by atoms with Gasteiger partial charge in [-0.15, -0.1) is 0 Å². The lowest BCUT2D eigenvalue weighted by molar-refractivity contribution is 0.976. The molecule has 0 bridgehead atoms. The van der Waals surface area contributed by atoms with E-state index in [1.807, 2.05) is 12.2 Å². The number of aryl methyl sites for hydroxylation is 1. The van der Waals surface area contributed by atoms with Crippen molar-refractivity contribution in [2.24, 2.45) is 0 Å². The third-order valence-electron chi connectivity index (χ3n) is 13.4. The van der Waals surface area contributed by atoms with Gasteiger partial charge in [-0.05, 0) is 96.9 Å². The predicted molar refractivity (Wildman–Crippen MR) is 276 cm³/mol. The fourth-order valence-corrected chi connectivity index (χ4v) is 10.6. The Morgan fingerprint density at radius 2 is 0.864 bits per heavy atom. The van der Waals surface area contributed by atoms with Crippen molar-refractivity contribution in [1.82, 2.24) is 28.2 Å². The molecular formula is C60H42N6. The summed E-state index contributed by atoms with van der Waals surface area (Å²) in [6.07, 6.45) is 6.91. The van der Waals surface area contributed by atoms with E-state index in [1.54, 1.807) is 0 Å². The molecule has 0 spiro atoms. The Bertz CT molecular complexity index is 4080. The molecule has 0 N–H and O–H groups in total. The molecule has 6 aromatic heterocycles. The minimum Gasteiger partial charge on any atom is -0.309 e.